The van der Waals surface area contributed by atoms with E-state index in [1.165, 1.54) is 42.5 Å². The predicted octanol–water partition coefficient (Wildman–Crippen LogP) is 4.77. The van der Waals surface area contributed by atoms with Crippen molar-refractivity contribution in [3.63, 3.8) is 0 Å². The number of aliphatic imine (C=N–C) groups is 1. The Morgan fingerprint density at radius 3 is 2.70 bits per heavy atom. The van der Waals surface area contributed by atoms with Crippen LogP contribution in [0.15, 0.2) is 23.2 Å². The largest absolute Gasteiger partial charge is 0.335 e. The minimum absolute atomic E-state index is 0.226. The Hall–Kier alpha value is -0.960. The quantitative estimate of drug-likeness (QED) is 0.805. The Bertz CT molecular complexity index is 518. The number of thioether (sulfide) groups is 1. The van der Waals surface area contributed by atoms with Crippen LogP contribution < -0.4 is 5.32 Å². The molecule has 2 nitrogen and oxygen atoms in total. The minimum Gasteiger partial charge on any atom is -0.335 e. The van der Waals surface area contributed by atoms with E-state index in [1.54, 1.807) is 0 Å². The van der Waals surface area contributed by atoms with Gasteiger partial charge in [0.05, 0.1) is 5.54 Å². The van der Waals surface area contributed by atoms with Gasteiger partial charge in [-0.1, -0.05) is 37.6 Å². The highest BCUT2D eigenvalue weighted by atomic mass is 32.2. The average molecular weight is 288 g/mol. The molecule has 0 saturated heterocycles. The van der Waals surface area contributed by atoms with E-state index in [0.29, 0.717) is 0 Å². The molecule has 1 aromatic carbocycles. The summed E-state index contributed by atoms with van der Waals surface area (Å²) in [5.41, 5.74) is 4.01. The summed E-state index contributed by atoms with van der Waals surface area (Å²) in [5.74, 6) is 1.98. The Balaban J connectivity index is 1.75. The molecular formula is C17H24N2S. The third kappa shape index (κ3) is 3.03. The monoisotopic (exact) mass is 288 g/mol. The predicted molar refractivity (Wildman–Crippen MR) is 89.8 cm³/mol. The maximum Gasteiger partial charge on any atom is 0.161 e. The molecule has 3 heteroatoms. The highest BCUT2D eigenvalue weighted by Gasteiger charge is 2.39. The molecule has 0 amide bonds. The van der Waals surface area contributed by atoms with E-state index >= 15 is 0 Å². The fourth-order valence-electron chi connectivity index (χ4n) is 3.58. The molecule has 0 bridgehead atoms. The first-order valence-electron chi connectivity index (χ1n) is 7.63. The summed E-state index contributed by atoms with van der Waals surface area (Å²) in [7, 11) is 0. The summed E-state index contributed by atoms with van der Waals surface area (Å²) in [6.07, 6.45) is 5.24. The van der Waals surface area contributed by atoms with Crippen LogP contribution in [0.4, 0.5) is 5.69 Å². The van der Waals surface area contributed by atoms with Crippen LogP contribution >= 0.6 is 11.8 Å². The molecule has 1 fully saturated rings. The molecule has 20 heavy (non-hydrogen) atoms. The Morgan fingerprint density at radius 2 is 2.00 bits per heavy atom. The molecule has 1 aromatic rings. The summed E-state index contributed by atoms with van der Waals surface area (Å²) < 4.78 is 0. The Morgan fingerprint density at radius 1 is 1.25 bits per heavy atom. The van der Waals surface area contributed by atoms with Crippen LogP contribution in [0.3, 0.4) is 0 Å². The molecule has 1 aliphatic carbocycles. The third-order valence-corrected chi connectivity index (χ3v) is 5.51. The van der Waals surface area contributed by atoms with Gasteiger partial charge in [0.2, 0.25) is 0 Å². The molecule has 2 aliphatic rings. The van der Waals surface area contributed by atoms with Gasteiger partial charge in [-0.15, -0.1) is 0 Å². The van der Waals surface area contributed by atoms with Gasteiger partial charge in [0.15, 0.2) is 5.17 Å². The first-order chi connectivity index (χ1) is 9.55. The van der Waals surface area contributed by atoms with E-state index in [4.69, 9.17) is 4.99 Å². The summed E-state index contributed by atoms with van der Waals surface area (Å²) in [6, 6.07) is 6.61. The van der Waals surface area contributed by atoms with Crippen molar-refractivity contribution in [1.29, 1.82) is 0 Å². The van der Waals surface area contributed by atoms with Crippen LogP contribution in [0.5, 0.6) is 0 Å². The second kappa shape index (κ2) is 5.44. The molecule has 0 aromatic heterocycles. The molecule has 1 N–H and O–H groups in total. The van der Waals surface area contributed by atoms with Crippen LogP contribution in [-0.4, -0.2) is 16.5 Å². The normalized spacial score (nSPS) is 29.6. The molecule has 1 heterocycles. The van der Waals surface area contributed by atoms with Gasteiger partial charge in [-0.05, 0) is 55.9 Å². The van der Waals surface area contributed by atoms with Gasteiger partial charge < -0.3 is 5.32 Å². The molecule has 1 spiro atoms. The molecule has 3 rings (SSSR count). The maximum atomic E-state index is 5.05. The second-order valence-electron chi connectivity index (χ2n) is 6.63. The Kier molecular flexibility index (Phi) is 3.80. The van der Waals surface area contributed by atoms with Gasteiger partial charge in [-0.2, -0.15) is 0 Å². The van der Waals surface area contributed by atoms with Gasteiger partial charge in [0, 0.05) is 11.4 Å². The fourth-order valence-corrected chi connectivity index (χ4v) is 4.76. The van der Waals surface area contributed by atoms with Crippen LogP contribution in [0.1, 0.15) is 43.7 Å². The van der Waals surface area contributed by atoms with E-state index in [9.17, 15) is 0 Å². The van der Waals surface area contributed by atoms with Gasteiger partial charge in [-0.3, -0.25) is 4.99 Å². The number of rotatable bonds is 1. The van der Waals surface area contributed by atoms with Crippen molar-refractivity contribution in [3.8, 4) is 0 Å². The van der Waals surface area contributed by atoms with Crippen molar-refractivity contribution in [1.82, 2.24) is 0 Å². The highest BCUT2D eigenvalue weighted by Crippen LogP contribution is 2.42. The van der Waals surface area contributed by atoms with E-state index in [-0.39, 0.29) is 5.54 Å². The molecule has 1 aliphatic heterocycles. The average Bonchev–Trinajstić information content (AvgIpc) is 2.70. The van der Waals surface area contributed by atoms with Gasteiger partial charge in [0.25, 0.3) is 0 Å². The van der Waals surface area contributed by atoms with Crippen molar-refractivity contribution in [2.24, 2.45) is 10.9 Å². The molecule has 2 atom stereocenters. The molecule has 108 valence electrons. The van der Waals surface area contributed by atoms with E-state index in [0.717, 1.165) is 16.8 Å². The summed E-state index contributed by atoms with van der Waals surface area (Å²) >= 11 is 1.90. The molecule has 1 saturated carbocycles. The number of aryl methyl sites for hydroxylation is 2. The lowest BCUT2D eigenvalue weighted by Crippen LogP contribution is -2.33. The minimum atomic E-state index is 0.226. The van der Waals surface area contributed by atoms with E-state index in [1.807, 2.05) is 11.8 Å². The number of hydrogen-bond acceptors (Lipinski definition) is 3. The van der Waals surface area contributed by atoms with Crippen LogP contribution in [0.2, 0.25) is 0 Å². The SMILES string of the molecule is Cc1cc(C)cc(NC2=NC3(CCCC(C)C3)CS2)c1. The van der Waals surface area contributed by atoms with Crippen molar-refractivity contribution < 1.29 is 0 Å². The van der Waals surface area contributed by atoms with Crippen molar-refractivity contribution in [3.05, 3.63) is 29.3 Å². The van der Waals surface area contributed by atoms with Crippen LogP contribution in [0.25, 0.3) is 0 Å². The number of amidine groups is 1. The van der Waals surface area contributed by atoms with E-state index < -0.39 is 0 Å². The first kappa shape index (κ1) is 14.0. The van der Waals surface area contributed by atoms with Crippen molar-refractivity contribution in [2.75, 3.05) is 11.1 Å². The van der Waals surface area contributed by atoms with Gasteiger partial charge in [-0.25, -0.2) is 0 Å². The number of nitrogens with zero attached hydrogens (tertiary/aromatic N) is 1. The Labute approximate surface area is 126 Å². The lowest BCUT2D eigenvalue weighted by atomic mass is 9.78. The summed E-state index contributed by atoms with van der Waals surface area (Å²) in [5, 5.41) is 4.64. The topological polar surface area (TPSA) is 24.4 Å². The zero-order valence-corrected chi connectivity index (χ0v) is 13.5. The number of benzene rings is 1. The number of hydrogen-bond donors (Lipinski definition) is 1. The molecule has 0 radical (unpaired) electrons. The fraction of sp³-hybridized carbons (Fsp3) is 0.588. The van der Waals surface area contributed by atoms with Gasteiger partial charge >= 0.3 is 0 Å². The standard InChI is InChI=1S/C17H24N2S/c1-12-5-4-6-17(10-12)11-20-16(19-17)18-15-8-13(2)7-14(3)9-15/h7-9,12H,4-6,10-11H2,1-3H3,(H,18,19). The summed E-state index contributed by atoms with van der Waals surface area (Å²) in [6.45, 7) is 6.66. The first-order valence-corrected chi connectivity index (χ1v) is 8.61. The second-order valence-corrected chi connectivity index (χ2v) is 7.60. The third-order valence-electron chi connectivity index (χ3n) is 4.36. The van der Waals surface area contributed by atoms with E-state index in [2.05, 4.69) is 44.3 Å². The molecule has 2 unspecified atom stereocenters. The zero-order valence-electron chi connectivity index (χ0n) is 12.7. The van der Waals surface area contributed by atoms with Crippen LogP contribution in [0, 0.1) is 19.8 Å². The smallest absolute Gasteiger partial charge is 0.161 e. The molecular weight excluding hydrogens is 264 g/mol. The summed E-state index contributed by atoms with van der Waals surface area (Å²) in [4.78, 5) is 5.05. The lowest BCUT2D eigenvalue weighted by molar-refractivity contribution is 0.266. The maximum absolute atomic E-state index is 5.05. The highest BCUT2D eigenvalue weighted by molar-refractivity contribution is 8.14. The van der Waals surface area contributed by atoms with Crippen LogP contribution in [-0.2, 0) is 0 Å². The lowest BCUT2D eigenvalue weighted by Gasteiger charge is -2.33. The van der Waals surface area contributed by atoms with Crippen molar-refractivity contribution >= 4 is 22.6 Å². The van der Waals surface area contributed by atoms with Gasteiger partial charge in [0.1, 0.15) is 0 Å². The zero-order chi connectivity index (χ0) is 14.2. The number of nitrogens with one attached hydrogen (secondary N) is 1. The van der Waals surface area contributed by atoms with Crippen molar-refractivity contribution in [2.45, 2.75) is 52.0 Å². The number of anilines is 1.